The molecule has 0 fully saturated rings. The van der Waals surface area contributed by atoms with E-state index in [2.05, 4.69) is 0 Å². The zero-order valence-electron chi connectivity index (χ0n) is 33.0. The van der Waals surface area contributed by atoms with Gasteiger partial charge < -0.3 is 4.42 Å². The Hall–Kier alpha value is -6.18. The average Bonchev–Trinajstić information content (AvgIpc) is 3.63. The first kappa shape index (κ1) is 19.4. The van der Waals surface area contributed by atoms with E-state index >= 15 is 0 Å². The van der Waals surface area contributed by atoms with Gasteiger partial charge in [-0.25, -0.2) is 0 Å². The molecule has 0 saturated carbocycles. The third-order valence-corrected chi connectivity index (χ3v) is 9.26. The lowest BCUT2D eigenvalue weighted by Crippen LogP contribution is -1.92. The number of furan rings is 1. The van der Waals surface area contributed by atoms with Crippen LogP contribution in [-0.2, 0) is 0 Å². The fourth-order valence-electron chi connectivity index (χ4n) is 7.20. The monoisotopic (exact) mass is 604 g/mol. The molecule has 10 rings (SSSR count). The average molecular weight is 605 g/mol. The number of benzene rings is 9. The van der Waals surface area contributed by atoms with Gasteiger partial charge in [-0.1, -0.05) is 151 Å². The Morgan fingerprint density at radius 3 is 1.68 bits per heavy atom. The molecule has 1 heterocycles. The van der Waals surface area contributed by atoms with E-state index in [1.165, 1.54) is 0 Å². The Kier molecular flexibility index (Phi) is 4.19. The highest BCUT2D eigenvalue weighted by Crippen LogP contribution is 2.49. The molecule has 0 atom stereocenters. The van der Waals surface area contributed by atoms with Crippen molar-refractivity contribution in [2.45, 2.75) is 0 Å². The Morgan fingerprint density at radius 2 is 0.957 bits per heavy atom. The summed E-state index contributed by atoms with van der Waals surface area (Å²) in [5, 5.41) is 5.65. The molecule has 0 aliphatic carbocycles. The van der Waals surface area contributed by atoms with Crippen LogP contribution < -0.4 is 0 Å². The predicted molar refractivity (Wildman–Crippen MR) is 200 cm³/mol. The molecular formula is C46H28O. The Labute approximate surface area is 283 Å². The lowest BCUT2D eigenvalue weighted by molar-refractivity contribution is 0.676. The summed E-state index contributed by atoms with van der Waals surface area (Å²) in [5.41, 5.74) is 4.69. The minimum absolute atomic E-state index is 0.162. The molecule has 1 heteroatoms. The van der Waals surface area contributed by atoms with Gasteiger partial charge in [0.1, 0.15) is 11.2 Å². The van der Waals surface area contributed by atoms with Crippen LogP contribution in [0.5, 0.6) is 0 Å². The minimum Gasteiger partial charge on any atom is -0.455 e. The van der Waals surface area contributed by atoms with Crippen molar-refractivity contribution in [2.24, 2.45) is 0 Å². The van der Waals surface area contributed by atoms with Crippen LogP contribution in [0.25, 0.3) is 98.4 Å². The normalized spacial score (nSPS) is 14.2. The van der Waals surface area contributed by atoms with Gasteiger partial charge in [-0.3, -0.25) is 0 Å². The molecule has 0 aliphatic heterocycles. The third kappa shape index (κ3) is 3.90. The second kappa shape index (κ2) is 10.2. The lowest BCUT2D eigenvalue weighted by atomic mass is 9.84. The highest BCUT2D eigenvalue weighted by molar-refractivity contribution is 6.30. The van der Waals surface area contributed by atoms with Gasteiger partial charge in [0, 0.05) is 21.5 Å². The fraction of sp³-hybridized carbons (Fsp3) is 0. The van der Waals surface area contributed by atoms with Crippen LogP contribution in [0.4, 0.5) is 0 Å². The molecule has 0 amide bonds. The Morgan fingerprint density at radius 1 is 0.383 bits per heavy atom. The van der Waals surface area contributed by atoms with E-state index in [1.54, 1.807) is 0 Å². The van der Waals surface area contributed by atoms with Crippen molar-refractivity contribution in [3.63, 3.8) is 0 Å². The maximum atomic E-state index is 9.55. The first-order chi connectivity index (χ1) is 26.7. The van der Waals surface area contributed by atoms with E-state index in [-0.39, 0.29) is 45.7 Å². The summed E-state index contributed by atoms with van der Waals surface area (Å²) in [6.45, 7) is 0. The van der Waals surface area contributed by atoms with Crippen molar-refractivity contribution in [2.75, 3.05) is 0 Å². The van der Waals surface area contributed by atoms with E-state index in [4.69, 9.17) is 9.90 Å². The van der Waals surface area contributed by atoms with Gasteiger partial charge in [-0.2, -0.15) is 0 Å². The van der Waals surface area contributed by atoms with E-state index in [0.717, 1.165) is 38.1 Å². The summed E-state index contributed by atoms with van der Waals surface area (Å²) in [7, 11) is 0. The maximum absolute atomic E-state index is 9.55. The number of hydrogen-bond donors (Lipinski definition) is 0. The molecule has 218 valence electrons. The highest BCUT2D eigenvalue weighted by Gasteiger charge is 2.22. The van der Waals surface area contributed by atoms with Crippen molar-refractivity contribution < 1.29 is 15.4 Å². The van der Waals surface area contributed by atoms with Gasteiger partial charge in [0.2, 0.25) is 0 Å². The Balaban J connectivity index is 1.50. The highest BCUT2D eigenvalue weighted by atomic mass is 16.3. The maximum Gasteiger partial charge on any atom is 0.143 e. The lowest BCUT2D eigenvalue weighted by Gasteiger charge is -2.19. The molecule has 0 bridgehead atoms. The van der Waals surface area contributed by atoms with Gasteiger partial charge >= 0.3 is 0 Å². The van der Waals surface area contributed by atoms with Crippen LogP contribution in [0, 0.1) is 0 Å². The summed E-state index contributed by atoms with van der Waals surface area (Å²) >= 11 is 0. The third-order valence-electron chi connectivity index (χ3n) is 9.26. The molecule has 47 heavy (non-hydrogen) atoms. The molecule has 1 aromatic heterocycles. The van der Waals surface area contributed by atoms with Crippen molar-refractivity contribution >= 4 is 65.0 Å². The standard InChI is InChI=1S/C46H28O/c1-2-13-29(14-3-1)31-17-12-18-33(27-31)42-36-21-8-10-23-38(36)43(39-24-11-9-22-37(39)42)41-28-32-16-5-7-20-35(32)46-44(41)40-26-25-30-15-4-6-19-34(30)45(40)47-46/h1-28H/i8D,9D,10D,11D,21D,22D,23D,24D. The van der Waals surface area contributed by atoms with Gasteiger partial charge in [0.15, 0.2) is 0 Å². The van der Waals surface area contributed by atoms with E-state index in [1.807, 2.05) is 121 Å². The molecule has 0 unspecified atom stereocenters. The topological polar surface area (TPSA) is 13.1 Å². The molecule has 1 nitrogen and oxygen atoms in total. The van der Waals surface area contributed by atoms with Crippen LogP contribution in [0.1, 0.15) is 11.0 Å². The van der Waals surface area contributed by atoms with Gasteiger partial charge in [0.25, 0.3) is 0 Å². The quantitative estimate of drug-likeness (QED) is 0.183. The second-order valence-corrected chi connectivity index (χ2v) is 11.8. The summed E-state index contributed by atoms with van der Waals surface area (Å²) in [6.07, 6.45) is 0. The molecule has 0 aliphatic rings. The van der Waals surface area contributed by atoms with Gasteiger partial charge in [-0.05, 0) is 83.9 Å². The smallest absolute Gasteiger partial charge is 0.143 e. The molecular weight excluding hydrogens is 569 g/mol. The first-order valence-corrected chi connectivity index (χ1v) is 15.5. The molecule has 0 saturated heterocycles. The predicted octanol–water partition coefficient (Wildman–Crippen LogP) is 13.2. The Bertz CT molecular complexity index is 3220. The molecule has 0 N–H and O–H groups in total. The van der Waals surface area contributed by atoms with Crippen LogP contribution in [0.3, 0.4) is 0 Å². The van der Waals surface area contributed by atoms with Crippen molar-refractivity contribution in [1.29, 1.82) is 0 Å². The molecule has 0 radical (unpaired) electrons. The van der Waals surface area contributed by atoms with Crippen LogP contribution in [0.2, 0.25) is 0 Å². The molecule has 10 aromatic rings. The van der Waals surface area contributed by atoms with E-state index in [0.29, 0.717) is 38.8 Å². The SMILES string of the molecule is [2H]c1c([2H])c([2H])c2c(-c3cc4ccccc4c4oc5c6ccccc6ccc5c34)c3c([2H])c([2H])c([2H])c([2H])c3c(-c3cccc(-c4ccccc4)c3)c2c1[2H]. The van der Waals surface area contributed by atoms with Crippen molar-refractivity contribution in [3.05, 3.63) is 170 Å². The van der Waals surface area contributed by atoms with Crippen LogP contribution in [-0.4, -0.2) is 0 Å². The van der Waals surface area contributed by atoms with Crippen molar-refractivity contribution in [1.82, 2.24) is 0 Å². The molecule has 9 aromatic carbocycles. The summed E-state index contributed by atoms with van der Waals surface area (Å²) in [4.78, 5) is 0. The van der Waals surface area contributed by atoms with E-state index in [9.17, 15) is 5.48 Å². The first-order valence-electron chi connectivity index (χ1n) is 19.5. The summed E-state index contributed by atoms with van der Waals surface area (Å²) in [6, 6.07) is 36.0. The largest absolute Gasteiger partial charge is 0.455 e. The number of fused-ring (bicyclic) bond motifs is 9. The van der Waals surface area contributed by atoms with Crippen LogP contribution in [0.15, 0.2) is 174 Å². The number of rotatable bonds is 3. The second-order valence-electron chi connectivity index (χ2n) is 11.8. The summed E-state index contributed by atoms with van der Waals surface area (Å²) < 4.78 is 80.5. The zero-order valence-corrected chi connectivity index (χ0v) is 25.0. The van der Waals surface area contributed by atoms with Gasteiger partial charge in [0.05, 0.1) is 11.0 Å². The summed E-state index contributed by atoms with van der Waals surface area (Å²) in [5.74, 6) is 0. The van der Waals surface area contributed by atoms with Gasteiger partial charge in [-0.15, -0.1) is 0 Å². The van der Waals surface area contributed by atoms with E-state index < -0.39 is 24.2 Å². The molecule has 0 spiro atoms. The minimum atomic E-state index is -0.442. The van der Waals surface area contributed by atoms with Crippen LogP contribution >= 0.6 is 0 Å². The van der Waals surface area contributed by atoms with Crippen molar-refractivity contribution in [3.8, 4) is 33.4 Å². The zero-order chi connectivity index (χ0) is 37.9. The fourth-order valence-corrected chi connectivity index (χ4v) is 7.20. The number of hydrogen-bond acceptors (Lipinski definition) is 1.